The number of rotatable bonds is 4. The minimum Gasteiger partial charge on any atom is -0.341 e. The zero-order chi connectivity index (χ0) is 16.4. The van der Waals surface area contributed by atoms with Crippen LogP contribution in [0.3, 0.4) is 0 Å². The fourth-order valence-corrected chi connectivity index (χ4v) is 3.87. The molecule has 124 valence electrons. The molecule has 0 radical (unpaired) electrons. The highest BCUT2D eigenvalue weighted by Gasteiger charge is 2.48. The third-order valence-corrected chi connectivity index (χ3v) is 5.44. The number of carbonyl (C=O) groups is 2. The number of nitrogens with zero attached hydrogens (tertiary/aromatic N) is 2. The first-order chi connectivity index (χ1) is 11.0. The van der Waals surface area contributed by atoms with Gasteiger partial charge in [-0.05, 0) is 50.7 Å². The van der Waals surface area contributed by atoms with Gasteiger partial charge in [0.2, 0.25) is 11.8 Å². The Labute approximate surface area is 138 Å². The molecule has 1 aromatic carbocycles. The monoisotopic (exact) mass is 314 g/mol. The van der Waals surface area contributed by atoms with E-state index in [2.05, 4.69) is 19.1 Å². The van der Waals surface area contributed by atoms with E-state index in [0.717, 1.165) is 32.4 Å². The maximum Gasteiger partial charge on any atom is 0.248 e. The summed E-state index contributed by atoms with van der Waals surface area (Å²) in [5, 5.41) is 0. The highest BCUT2D eigenvalue weighted by atomic mass is 16.2. The summed E-state index contributed by atoms with van der Waals surface area (Å²) in [5.41, 5.74) is 1.85. The van der Waals surface area contributed by atoms with Gasteiger partial charge in [0.15, 0.2) is 0 Å². The molecule has 2 amide bonds. The number of amides is 2. The van der Waals surface area contributed by atoms with Gasteiger partial charge in [-0.2, -0.15) is 0 Å². The van der Waals surface area contributed by atoms with E-state index in [4.69, 9.17) is 0 Å². The summed E-state index contributed by atoms with van der Waals surface area (Å²) in [7, 11) is 0. The van der Waals surface area contributed by atoms with Gasteiger partial charge in [-0.25, -0.2) is 0 Å². The second-order valence-electron chi connectivity index (χ2n) is 7.00. The van der Waals surface area contributed by atoms with Gasteiger partial charge in [0.1, 0.15) is 5.54 Å². The van der Waals surface area contributed by atoms with Crippen LogP contribution in [-0.2, 0) is 16.0 Å². The molecule has 2 aliphatic rings. The molecule has 0 saturated carbocycles. The Kier molecular flexibility index (Phi) is 4.42. The van der Waals surface area contributed by atoms with Crippen LogP contribution in [0.5, 0.6) is 0 Å². The second-order valence-corrected chi connectivity index (χ2v) is 7.00. The van der Waals surface area contributed by atoms with Crippen molar-refractivity contribution in [1.82, 2.24) is 9.80 Å². The smallest absolute Gasteiger partial charge is 0.248 e. The average molecular weight is 314 g/mol. The van der Waals surface area contributed by atoms with E-state index < -0.39 is 5.54 Å². The van der Waals surface area contributed by atoms with E-state index in [1.807, 2.05) is 28.9 Å². The fourth-order valence-electron chi connectivity index (χ4n) is 3.87. The molecule has 1 unspecified atom stereocenters. The number of benzene rings is 1. The molecule has 0 bridgehead atoms. The van der Waals surface area contributed by atoms with Crippen molar-refractivity contribution < 1.29 is 9.59 Å². The van der Waals surface area contributed by atoms with E-state index in [0.29, 0.717) is 19.4 Å². The summed E-state index contributed by atoms with van der Waals surface area (Å²) in [6, 6.07) is 8.26. The molecule has 23 heavy (non-hydrogen) atoms. The Balaban J connectivity index is 1.74. The number of aryl methyl sites for hydroxylation is 1. The zero-order valence-corrected chi connectivity index (χ0v) is 14.2. The minimum absolute atomic E-state index is 0.119. The van der Waals surface area contributed by atoms with Crippen LogP contribution in [-0.4, -0.2) is 46.8 Å². The van der Waals surface area contributed by atoms with Crippen LogP contribution in [0.15, 0.2) is 24.3 Å². The maximum absolute atomic E-state index is 12.9. The molecule has 0 aromatic heterocycles. The third kappa shape index (κ3) is 2.99. The molecule has 2 heterocycles. The Morgan fingerprint density at radius 2 is 1.91 bits per heavy atom. The van der Waals surface area contributed by atoms with Crippen molar-refractivity contribution in [2.24, 2.45) is 0 Å². The molecule has 1 atom stereocenters. The highest BCUT2D eigenvalue weighted by Crippen LogP contribution is 2.33. The van der Waals surface area contributed by atoms with Gasteiger partial charge >= 0.3 is 0 Å². The van der Waals surface area contributed by atoms with Crippen molar-refractivity contribution in [2.45, 2.75) is 51.5 Å². The van der Waals surface area contributed by atoms with Gasteiger partial charge in [0, 0.05) is 26.1 Å². The number of hydrogen-bond acceptors (Lipinski definition) is 2. The maximum atomic E-state index is 12.9. The van der Waals surface area contributed by atoms with Crippen LogP contribution in [0.1, 0.15) is 43.7 Å². The predicted molar refractivity (Wildman–Crippen MR) is 90.0 cm³/mol. The van der Waals surface area contributed by atoms with E-state index in [1.165, 1.54) is 11.1 Å². The SMILES string of the molecule is Cc1ccccc1CCN1C(=O)CCC1(C)C(=O)N1CCCC1. The molecule has 3 rings (SSSR count). The Hall–Kier alpha value is -1.84. The summed E-state index contributed by atoms with van der Waals surface area (Å²) >= 11 is 0. The zero-order valence-electron chi connectivity index (χ0n) is 14.2. The van der Waals surface area contributed by atoms with Gasteiger partial charge in [0.05, 0.1) is 0 Å². The molecule has 2 aliphatic heterocycles. The number of likely N-dealkylation sites (tertiary alicyclic amines) is 2. The van der Waals surface area contributed by atoms with Crippen LogP contribution < -0.4 is 0 Å². The fraction of sp³-hybridized carbons (Fsp3) is 0.579. The van der Waals surface area contributed by atoms with Crippen molar-refractivity contribution in [3.05, 3.63) is 35.4 Å². The summed E-state index contributed by atoms with van der Waals surface area (Å²) in [6.07, 6.45) is 4.11. The lowest BCUT2D eigenvalue weighted by molar-refractivity contribution is -0.146. The molecule has 0 aliphatic carbocycles. The summed E-state index contributed by atoms with van der Waals surface area (Å²) in [5.74, 6) is 0.263. The average Bonchev–Trinajstić information content (AvgIpc) is 3.16. The van der Waals surface area contributed by atoms with Crippen LogP contribution in [0.25, 0.3) is 0 Å². The van der Waals surface area contributed by atoms with Gasteiger partial charge < -0.3 is 9.80 Å². The summed E-state index contributed by atoms with van der Waals surface area (Å²) < 4.78 is 0. The number of hydrogen-bond donors (Lipinski definition) is 0. The molecule has 2 saturated heterocycles. The van der Waals surface area contributed by atoms with Crippen LogP contribution in [0.4, 0.5) is 0 Å². The second kappa shape index (κ2) is 6.34. The normalized spacial score (nSPS) is 24.5. The summed E-state index contributed by atoms with van der Waals surface area (Å²) in [6.45, 7) is 6.36. The van der Waals surface area contributed by atoms with E-state index in [-0.39, 0.29) is 11.8 Å². The Bertz CT molecular complexity index is 607. The lowest BCUT2D eigenvalue weighted by atomic mass is 9.96. The van der Waals surface area contributed by atoms with Crippen LogP contribution in [0, 0.1) is 6.92 Å². The Morgan fingerprint density at radius 3 is 2.61 bits per heavy atom. The van der Waals surface area contributed by atoms with Crippen molar-refractivity contribution in [2.75, 3.05) is 19.6 Å². The molecule has 0 spiro atoms. The lowest BCUT2D eigenvalue weighted by Gasteiger charge is -2.37. The molecule has 2 fully saturated rings. The van der Waals surface area contributed by atoms with Crippen molar-refractivity contribution in [3.63, 3.8) is 0 Å². The van der Waals surface area contributed by atoms with E-state index in [1.54, 1.807) is 0 Å². The van der Waals surface area contributed by atoms with Crippen molar-refractivity contribution in [3.8, 4) is 0 Å². The standard InChI is InChI=1S/C19H26N2O2/c1-15-7-3-4-8-16(15)10-14-21-17(22)9-11-19(21,2)18(23)20-12-5-6-13-20/h3-4,7-8H,5-6,9-14H2,1-2H3. The molecule has 4 nitrogen and oxygen atoms in total. The largest absolute Gasteiger partial charge is 0.341 e. The molecular formula is C19H26N2O2. The van der Waals surface area contributed by atoms with Gasteiger partial charge in [0.25, 0.3) is 0 Å². The lowest BCUT2D eigenvalue weighted by Crippen LogP contribution is -2.55. The molecule has 4 heteroatoms. The summed E-state index contributed by atoms with van der Waals surface area (Å²) in [4.78, 5) is 29.1. The quantitative estimate of drug-likeness (QED) is 0.857. The van der Waals surface area contributed by atoms with Crippen molar-refractivity contribution >= 4 is 11.8 Å². The van der Waals surface area contributed by atoms with E-state index in [9.17, 15) is 9.59 Å². The Morgan fingerprint density at radius 1 is 1.22 bits per heavy atom. The van der Waals surface area contributed by atoms with E-state index >= 15 is 0 Å². The predicted octanol–water partition coefficient (Wildman–Crippen LogP) is 2.54. The first kappa shape index (κ1) is 16.0. The number of carbonyl (C=O) groups excluding carboxylic acids is 2. The first-order valence-electron chi connectivity index (χ1n) is 8.67. The molecule has 1 aromatic rings. The van der Waals surface area contributed by atoms with Gasteiger partial charge in [-0.3, -0.25) is 9.59 Å². The third-order valence-electron chi connectivity index (χ3n) is 5.44. The topological polar surface area (TPSA) is 40.6 Å². The molecule has 0 N–H and O–H groups in total. The minimum atomic E-state index is -0.649. The van der Waals surface area contributed by atoms with Crippen LogP contribution in [0.2, 0.25) is 0 Å². The van der Waals surface area contributed by atoms with Crippen molar-refractivity contribution in [1.29, 1.82) is 0 Å². The highest BCUT2D eigenvalue weighted by molar-refractivity contribution is 5.94. The van der Waals surface area contributed by atoms with Gasteiger partial charge in [-0.15, -0.1) is 0 Å². The molecular weight excluding hydrogens is 288 g/mol. The van der Waals surface area contributed by atoms with Crippen LogP contribution >= 0.6 is 0 Å². The first-order valence-corrected chi connectivity index (χ1v) is 8.67. The van der Waals surface area contributed by atoms with Gasteiger partial charge in [-0.1, -0.05) is 24.3 Å².